The lowest BCUT2D eigenvalue weighted by molar-refractivity contribution is -0.136. The van der Waals surface area contributed by atoms with E-state index < -0.39 is 5.97 Å². The lowest BCUT2D eigenvalue weighted by Gasteiger charge is -2.11. The second-order valence-electron chi connectivity index (χ2n) is 5.31. The van der Waals surface area contributed by atoms with Gasteiger partial charge in [-0.3, -0.25) is 4.79 Å². The lowest BCUT2D eigenvalue weighted by atomic mass is 10.0. The Hall–Kier alpha value is -1.98. The standard InChI is InChI=1S/C18H15BrClNO3/c1-2-24-16-6-3-10(19)7-14(16)18-13(9-17(22)23)12-8-11(20)4-5-15(12)21-18/h3-8,21H,2,9H2,1H3,(H,22,23). The number of ether oxygens (including phenoxy) is 1. The number of aliphatic carboxylic acids is 1. The molecule has 0 aliphatic heterocycles. The van der Waals surface area contributed by atoms with E-state index in [1.54, 1.807) is 12.1 Å². The van der Waals surface area contributed by atoms with Crippen LogP contribution >= 0.6 is 27.5 Å². The SMILES string of the molecule is CCOc1ccc(Br)cc1-c1[nH]c2ccc(Cl)cc2c1CC(=O)O. The quantitative estimate of drug-likeness (QED) is 0.604. The predicted molar refractivity (Wildman–Crippen MR) is 99.0 cm³/mol. The summed E-state index contributed by atoms with van der Waals surface area (Å²) in [6.07, 6.45) is -0.103. The van der Waals surface area contributed by atoms with E-state index in [2.05, 4.69) is 20.9 Å². The summed E-state index contributed by atoms with van der Waals surface area (Å²) in [4.78, 5) is 14.7. The largest absolute Gasteiger partial charge is 0.493 e. The van der Waals surface area contributed by atoms with Gasteiger partial charge in [0.05, 0.1) is 18.7 Å². The molecule has 3 rings (SSSR count). The molecule has 0 saturated carbocycles. The zero-order valence-corrected chi connectivity index (χ0v) is 15.2. The maximum atomic E-state index is 11.4. The monoisotopic (exact) mass is 407 g/mol. The number of aromatic nitrogens is 1. The van der Waals surface area contributed by atoms with E-state index in [4.69, 9.17) is 16.3 Å². The molecule has 0 aliphatic carbocycles. The van der Waals surface area contributed by atoms with Crippen molar-refractivity contribution >= 4 is 44.4 Å². The molecule has 0 saturated heterocycles. The molecule has 3 aromatic rings. The second-order valence-corrected chi connectivity index (χ2v) is 6.66. The molecular weight excluding hydrogens is 394 g/mol. The molecular formula is C18H15BrClNO3. The molecule has 0 bridgehead atoms. The number of nitrogens with one attached hydrogen (secondary N) is 1. The molecule has 0 spiro atoms. The average molecular weight is 409 g/mol. The van der Waals surface area contributed by atoms with Crippen LogP contribution in [0.2, 0.25) is 5.02 Å². The fourth-order valence-electron chi connectivity index (χ4n) is 2.76. The molecule has 0 aliphatic rings. The van der Waals surface area contributed by atoms with Crippen molar-refractivity contribution in [3.8, 4) is 17.0 Å². The Labute approximate surface area is 152 Å². The van der Waals surface area contributed by atoms with E-state index in [1.165, 1.54) is 0 Å². The zero-order chi connectivity index (χ0) is 17.3. The van der Waals surface area contributed by atoms with Gasteiger partial charge in [-0.15, -0.1) is 0 Å². The van der Waals surface area contributed by atoms with Crippen molar-refractivity contribution in [2.45, 2.75) is 13.3 Å². The fraction of sp³-hybridized carbons (Fsp3) is 0.167. The summed E-state index contributed by atoms with van der Waals surface area (Å²) in [6, 6.07) is 11.1. The Morgan fingerprint density at radius 2 is 2.08 bits per heavy atom. The number of hydrogen-bond acceptors (Lipinski definition) is 2. The van der Waals surface area contributed by atoms with Gasteiger partial charge >= 0.3 is 5.97 Å². The van der Waals surface area contributed by atoms with Crippen molar-refractivity contribution in [3.63, 3.8) is 0 Å². The van der Waals surface area contributed by atoms with E-state index in [9.17, 15) is 9.90 Å². The molecule has 6 heteroatoms. The van der Waals surface area contributed by atoms with Gasteiger partial charge in [0.1, 0.15) is 5.75 Å². The van der Waals surface area contributed by atoms with Gasteiger partial charge in [0.25, 0.3) is 0 Å². The molecule has 124 valence electrons. The Balaban J connectivity index is 2.29. The summed E-state index contributed by atoms with van der Waals surface area (Å²) in [5.74, 6) is -0.199. The minimum atomic E-state index is -0.898. The number of benzene rings is 2. The maximum Gasteiger partial charge on any atom is 0.307 e. The molecule has 1 heterocycles. The molecule has 0 amide bonds. The van der Waals surface area contributed by atoms with E-state index in [0.717, 1.165) is 26.6 Å². The third-order valence-electron chi connectivity index (χ3n) is 3.71. The van der Waals surface area contributed by atoms with Crippen LogP contribution in [0.15, 0.2) is 40.9 Å². The van der Waals surface area contributed by atoms with Crippen LogP contribution in [0.5, 0.6) is 5.75 Å². The summed E-state index contributed by atoms with van der Waals surface area (Å²) in [5.41, 5.74) is 3.08. The van der Waals surface area contributed by atoms with Gasteiger partial charge in [-0.05, 0) is 48.9 Å². The van der Waals surface area contributed by atoms with Crippen molar-refractivity contribution in [2.24, 2.45) is 0 Å². The van der Waals surface area contributed by atoms with E-state index in [1.807, 2.05) is 31.2 Å². The highest BCUT2D eigenvalue weighted by Gasteiger charge is 2.19. The van der Waals surface area contributed by atoms with Crippen LogP contribution in [0, 0.1) is 0 Å². The number of hydrogen-bond donors (Lipinski definition) is 2. The predicted octanol–water partition coefficient (Wildman–Crippen LogP) is 5.28. The van der Waals surface area contributed by atoms with Gasteiger partial charge in [0.2, 0.25) is 0 Å². The van der Waals surface area contributed by atoms with Gasteiger partial charge in [-0.25, -0.2) is 0 Å². The van der Waals surface area contributed by atoms with Gasteiger partial charge in [-0.2, -0.15) is 0 Å². The molecule has 24 heavy (non-hydrogen) atoms. The molecule has 0 fully saturated rings. The van der Waals surface area contributed by atoms with Crippen molar-refractivity contribution in [3.05, 3.63) is 51.5 Å². The third kappa shape index (κ3) is 3.28. The number of aromatic amines is 1. The fourth-order valence-corrected chi connectivity index (χ4v) is 3.30. The number of halogens is 2. The average Bonchev–Trinajstić information content (AvgIpc) is 2.87. The number of fused-ring (bicyclic) bond motifs is 1. The first kappa shape index (κ1) is 16.9. The summed E-state index contributed by atoms with van der Waals surface area (Å²) in [7, 11) is 0. The minimum Gasteiger partial charge on any atom is -0.493 e. The van der Waals surface area contributed by atoms with E-state index in [0.29, 0.717) is 22.9 Å². The molecule has 4 nitrogen and oxygen atoms in total. The van der Waals surface area contributed by atoms with Gasteiger partial charge in [0, 0.05) is 26.0 Å². The lowest BCUT2D eigenvalue weighted by Crippen LogP contribution is -2.02. The van der Waals surface area contributed by atoms with Gasteiger partial charge < -0.3 is 14.8 Å². The van der Waals surface area contributed by atoms with Crippen LogP contribution < -0.4 is 4.74 Å². The number of carbonyl (C=O) groups is 1. The highest BCUT2D eigenvalue weighted by molar-refractivity contribution is 9.10. The van der Waals surface area contributed by atoms with Gasteiger partial charge in [0.15, 0.2) is 0 Å². The molecule has 2 N–H and O–H groups in total. The van der Waals surface area contributed by atoms with Crippen molar-refractivity contribution in [1.29, 1.82) is 0 Å². The minimum absolute atomic E-state index is 0.103. The topological polar surface area (TPSA) is 62.3 Å². The molecule has 0 radical (unpaired) electrons. The highest BCUT2D eigenvalue weighted by atomic mass is 79.9. The van der Waals surface area contributed by atoms with Crippen LogP contribution in [0.25, 0.3) is 22.2 Å². The Morgan fingerprint density at radius 1 is 1.29 bits per heavy atom. The molecule has 0 atom stereocenters. The number of rotatable bonds is 5. The zero-order valence-electron chi connectivity index (χ0n) is 12.9. The number of carboxylic acid groups (broad SMARTS) is 1. The van der Waals surface area contributed by atoms with Crippen LogP contribution in [0.3, 0.4) is 0 Å². The van der Waals surface area contributed by atoms with E-state index in [-0.39, 0.29) is 6.42 Å². The van der Waals surface area contributed by atoms with Crippen LogP contribution in [-0.2, 0) is 11.2 Å². The van der Waals surface area contributed by atoms with Crippen molar-refractivity contribution < 1.29 is 14.6 Å². The number of carboxylic acids is 1. The second kappa shape index (κ2) is 6.87. The summed E-state index contributed by atoms with van der Waals surface area (Å²) in [5, 5.41) is 10.7. The Bertz CT molecular complexity index is 920. The van der Waals surface area contributed by atoms with Crippen LogP contribution in [0.1, 0.15) is 12.5 Å². The summed E-state index contributed by atoms with van der Waals surface area (Å²) in [6.45, 7) is 2.43. The Morgan fingerprint density at radius 3 is 2.79 bits per heavy atom. The molecule has 1 aromatic heterocycles. The first-order valence-corrected chi connectivity index (χ1v) is 8.61. The van der Waals surface area contributed by atoms with Gasteiger partial charge in [-0.1, -0.05) is 27.5 Å². The van der Waals surface area contributed by atoms with Crippen molar-refractivity contribution in [1.82, 2.24) is 4.98 Å². The third-order valence-corrected chi connectivity index (χ3v) is 4.44. The smallest absolute Gasteiger partial charge is 0.307 e. The van der Waals surface area contributed by atoms with E-state index >= 15 is 0 Å². The van der Waals surface area contributed by atoms with Crippen LogP contribution in [-0.4, -0.2) is 22.7 Å². The van der Waals surface area contributed by atoms with Crippen LogP contribution in [0.4, 0.5) is 0 Å². The maximum absolute atomic E-state index is 11.4. The van der Waals surface area contributed by atoms with Crippen molar-refractivity contribution in [2.75, 3.05) is 6.61 Å². The first-order valence-electron chi connectivity index (χ1n) is 7.44. The number of H-pyrrole nitrogens is 1. The Kier molecular flexibility index (Phi) is 4.83. The molecule has 0 unspecified atom stereocenters. The summed E-state index contributed by atoms with van der Waals surface area (Å²) >= 11 is 9.56. The molecule has 2 aromatic carbocycles. The normalized spacial score (nSPS) is 11.0. The summed E-state index contributed by atoms with van der Waals surface area (Å²) < 4.78 is 6.60. The first-order chi connectivity index (χ1) is 11.5. The highest BCUT2D eigenvalue weighted by Crippen LogP contribution is 2.38.